The first-order valence-corrected chi connectivity index (χ1v) is 10.3. The Hall–Kier alpha value is -1.62. The van der Waals surface area contributed by atoms with Crippen molar-refractivity contribution >= 4 is 0 Å². The third-order valence-corrected chi connectivity index (χ3v) is 5.57. The number of aromatic nitrogens is 1. The molecule has 0 spiro atoms. The SMILES string of the molecule is COCC(O)CN(Cc1cccn1Cc1ccccc1)CC1CCCCC1. The molecule has 0 saturated heterocycles. The van der Waals surface area contributed by atoms with Crippen molar-refractivity contribution in [2.45, 2.75) is 51.3 Å². The number of methoxy groups -OCH3 is 1. The van der Waals surface area contributed by atoms with Gasteiger partial charge in [-0.3, -0.25) is 4.90 Å². The van der Waals surface area contributed by atoms with Gasteiger partial charge >= 0.3 is 0 Å². The summed E-state index contributed by atoms with van der Waals surface area (Å²) in [5.41, 5.74) is 2.62. The van der Waals surface area contributed by atoms with E-state index in [0.717, 1.165) is 25.6 Å². The van der Waals surface area contributed by atoms with E-state index in [2.05, 4.69) is 58.1 Å². The molecule has 1 aliphatic carbocycles. The first kappa shape index (κ1) is 20.1. The molecule has 0 amide bonds. The maximum absolute atomic E-state index is 10.3. The summed E-state index contributed by atoms with van der Waals surface area (Å²) >= 11 is 0. The van der Waals surface area contributed by atoms with Gasteiger partial charge in [0.2, 0.25) is 0 Å². The van der Waals surface area contributed by atoms with Gasteiger partial charge in [-0.1, -0.05) is 49.6 Å². The molecule has 148 valence electrons. The number of rotatable bonds is 10. The molecule has 0 aliphatic heterocycles. The number of aliphatic hydroxyl groups excluding tert-OH is 1. The molecule has 1 fully saturated rings. The van der Waals surface area contributed by atoms with E-state index in [-0.39, 0.29) is 0 Å². The van der Waals surface area contributed by atoms with Crippen molar-refractivity contribution in [1.29, 1.82) is 0 Å². The molecule has 3 rings (SSSR count). The van der Waals surface area contributed by atoms with Crippen molar-refractivity contribution in [3.8, 4) is 0 Å². The molecule has 0 bridgehead atoms. The molecule has 27 heavy (non-hydrogen) atoms. The minimum Gasteiger partial charge on any atom is -0.389 e. The minimum atomic E-state index is -0.434. The van der Waals surface area contributed by atoms with Crippen LogP contribution in [0.5, 0.6) is 0 Å². The van der Waals surface area contributed by atoms with E-state index in [0.29, 0.717) is 13.2 Å². The van der Waals surface area contributed by atoms with Gasteiger partial charge in [0.25, 0.3) is 0 Å². The van der Waals surface area contributed by atoms with E-state index < -0.39 is 6.10 Å². The van der Waals surface area contributed by atoms with Gasteiger partial charge in [0, 0.05) is 45.2 Å². The second kappa shape index (κ2) is 10.6. The standard InChI is InChI=1S/C23H34N2O2/c1-27-19-23(26)18-24(15-20-9-4-2-5-10-20)17-22-13-8-14-25(22)16-21-11-6-3-7-12-21/h3,6-8,11-14,20,23,26H,2,4-5,9-10,15-19H2,1H3. The number of hydrogen-bond donors (Lipinski definition) is 1. The van der Waals surface area contributed by atoms with Crippen molar-refractivity contribution in [1.82, 2.24) is 9.47 Å². The molecule has 0 radical (unpaired) electrons. The average molecular weight is 371 g/mol. The zero-order chi connectivity index (χ0) is 18.9. The first-order chi connectivity index (χ1) is 13.2. The van der Waals surface area contributed by atoms with E-state index in [4.69, 9.17) is 4.74 Å². The molecule has 2 aromatic rings. The fraction of sp³-hybridized carbons (Fsp3) is 0.565. The highest BCUT2D eigenvalue weighted by Crippen LogP contribution is 2.25. The van der Waals surface area contributed by atoms with E-state index in [1.54, 1.807) is 7.11 Å². The zero-order valence-corrected chi connectivity index (χ0v) is 16.6. The Morgan fingerprint density at radius 3 is 2.63 bits per heavy atom. The van der Waals surface area contributed by atoms with Crippen LogP contribution in [-0.2, 0) is 17.8 Å². The molecule has 4 nitrogen and oxygen atoms in total. The Kier molecular flexibility index (Phi) is 7.93. The zero-order valence-electron chi connectivity index (χ0n) is 16.6. The fourth-order valence-electron chi connectivity index (χ4n) is 4.24. The van der Waals surface area contributed by atoms with Gasteiger partial charge < -0.3 is 14.4 Å². The lowest BCUT2D eigenvalue weighted by atomic mass is 9.89. The van der Waals surface area contributed by atoms with Gasteiger partial charge in [0.1, 0.15) is 0 Å². The van der Waals surface area contributed by atoms with Crippen molar-refractivity contribution < 1.29 is 9.84 Å². The number of benzene rings is 1. The largest absolute Gasteiger partial charge is 0.389 e. The molecule has 1 aliphatic rings. The van der Waals surface area contributed by atoms with E-state index in [1.165, 1.54) is 43.4 Å². The Morgan fingerprint density at radius 2 is 1.89 bits per heavy atom. The molecule has 1 saturated carbocycles. The van der Waals surface area contributed by atoms with Crippen LogP contribution in [0.15, 0.2) is 48.7 Å². The highest BCUT2D eigenvalue weighted by molar-refractivity contribution is 5.17. The van der Waals surface area contributed by atoms with Crippen molar-refractivity contribution in [2.24, 2.45) is 5.92 Å². The second-order valence-electron chi connectivity index (χ2n) is 7.92. The predicted octanol–water partition coefficient (Wildman–Crippen LogP) is 3.93. The first-order valence-electron chi connectivity index (χ1n) is 10.3. The summed E-state index contributed by atoms with van der Waals surface area (Å²) in [5.74, 6) is 0.756. The summed E-state index contributed by atoms with van der Waals surface area (Å²) in [7, 11) is 1.65. The van der Waals surface area contributed by atoms with Crippen molar-refractivity contribution in [2.75, 3.05) is 26.8 Å². The maximum atomic E-state index is 10.3. The number of nitrogens with zero attached hydrogens (tertiary/aromatic N) is 2. The third-order valence-electron chi connectivity index (χ3n) is 5.57. The third kappa shape index (κ3) is 6.49. The minimum absolute atomic E-state index is 0.395. The Bertz CT molecular complexity index is 649. The summed E-state index contributed by atoms with van der Waals surface area (Å²) in [5, 5.41) is 10.3. The molecular formula is C23H34N2O2. The topological polar surface area (TPSA) is 37.6 Å². The van der Waals surface area contributed by atoms with E-state index >= 15 is 0 Å². The molecule has 1 unspecified atom stereocenters. The summed E-state index contributed by atoms with van der Waals surface area (Å²) in [6, 6.07) is 14.9. The normalized spacial score (nSPS) is 16.7. The number of ether oxygens (including phenoxy) is 1. The van der Waals surface area contributed by atoms with Crippen LogP contribution in [0.1, 0.15) is 43.4 Å². The quantitative estimate of drug-likeness (QED) is 0.689. The Labute approximate surface area is 163 Å². The van der Waals surface area contributed by atoms with Crippen LogP contribution in [0.3, 0.4) is 0 Å². The molecular weight excluding hydrogens is 336 g/mol. The number of hydrogen-bond acceptors (Lipinski definition) is 3. The Morgan fingerprint density at radius 1 is 1.11 bits per heavy atom. The van der Waals surface area contributed by atoms with Crippen LogP contribution in [0, 0.1) is 5.92 Å². The van der Waals surface area contributed by atoms with Gasteiger partial charge in [0.05, 0.1) is 12.7 Å². The average Bonchev–Trinajstić information content (AvgIpc) is 3.10. The van der Waals surface area contributed by atoms with Crippen LogP contribution in [0.2, 0.25) is 0 Å². The summed E-state index contributed by atoms with van der Waals surface area (Å²) in [6.45, 7) is 3.89. The van der Waals surface area contributed by atoms with Crippen LogP contribution < -0.4 is 0 Å². The van der Waals surface area contributed by atoms with E-state index in [1.807, 2.05) is 0 Å². The van der Waals surface area contributed by atoms with Crippen LogP contribution in [0.4, 0.5) is 0 Å². The molecule has 4 heteroatoms. The molecule has 1 heterocycles. The van der Waals surface area contributed by atoms with E-state index in [9.17, 15) is 5.11 Å². The summed E-state index contributed by atoms with van der Waals surface area (Å²) < 4.78 is 7.48. The Balaban J connectivity index is 1.66. The number of aliphatic hydroxyl groups is 1. The van der Waals surface area contributed by atoms with Crippen molar-refractivity contribution in [3.05, 3.63) is 59.9 Å². The van der Waals surface area contributed by atoms with Crippen LogP contribution in [-0.4, -0.2) is 47.5 Å². The van der Waals surface area contributed by atoms with Gasteiger partial charge in [-0.2, -0.15) is 0 Å². The van der Waals surface area contributed by atoms with Gasteiger partial charge in [-0.05, 0) is 36.5 Å². The summed E-state index contributed by atoms with van der Waals surface area (Å²) in [6.07, 6.45) is 8.45. The lowest BCUT2D eigenvalue weighted by Crippen LogP contribution is -2.38. The van der Waals surface area contributed by atoms with Gasteiger partial charge in [-0.15, -0.1) is 0 Å². The lowest BCUT2D eigenvalue weighted by molar-refractivity contribution is 0.0297. The predicted molar refractivity (Wildman–Crippen MR) is 110 cm³/mol. The molecule has 1 aromatic heterocycles. The maximum Gasteiger partial charge on any atom is 0.0900 e. The molecule has 1 aromatic carbocycles. The second-order valence-corrected chi connectivity index (χ2v) is 7.92. The monoisotopic (exact) mass is 370 g/mol. The highest BCUT2D eigenvalue weighted by Gasteiger charge is 2.20. The molecule has 1 N–H and O–H groups in total. The fourth-order valence-corrected chi connectivity index (χ4v) is 4.24. The van der Waals surface area contributed by atoms with Gasteiger partial charge in [-0.25, -0.2) is 0 Å². The summed E-state index contributed by atoms with van der Waals surface area (Å²) in [4.78, 5) is 2.43. The van der Waals surface area contributed by atoms with Crippen LogP contribution in [0.25, 0.3) is 0 Å². The highest BCUT2D eigenvalue weighted by atomic mass is 16.5. The van der Waals surface area contributed by atoms with Crippen LogP contribution >= 0.6 is 0 Å². The molecule has 1 atom stereocenters. The van der Waals surface area contributed by atoms with Gasteiger partial charge in [0.15, 0.2) is 0 Å². The lowest BCUT2D eigenvalue weighted by Gasteiger charge is -2.31. The van der Waals surface area contributed by atoms with Crippen molar-refractivity contribution in [3.63, 3.8) is 0 Å². The smallest absolute Gasteiger partial charge is 0.0900 e.